The van der Waals surface area contributed by atoms with Crippen molar-refractivity contribution in [1.82, 2.24) is 5.48 Å². The van der Waals surface area contributed by atoms with E-state index in [9.17, 15) is 0 Å². The third kappa shape index (κ3) is 2.90. The number of ether oxygens (including phenoxy) is 2. The van der Waals surface area contributed by atoms with Crippen LogP contribution >= 0.6 is 0 Å². The lowest BCUT2D eigenvalue weighted by Crippen LogP contribution is -2.12. The number of fused-ring (bicyclic) bond motifs is 1. The number of hydroxylamine groups is 1. The number of hydrogen-bond acceptors (Lipinski definition) is 4. The van der Waals surface area contributed by atoms with Crippen LogP contribution in [0, 0.1) is 0 Å². The molecule has 4 heteroatoms. The highest BCUT2D eigenvalue weighted by molar-refractivity contribution is 5.47. The van der Waals surface area contributed by atoms with Crippen LogP contribution in [0.5, 0.6) is 11.5 Å². The Hall–Kier alpha value is -1.26. The molecule has 94 valence electrons. The first-order valence-electron chi connectivity index (χ1n) is 6.02. The van der Waals surface area contributed by atoms with E-state index in [1.165, 1.54) is 11.1 Å². The van der Waals surface area contributed by atoms with Crippen LogP contribution in [0.2, 0.25) is 0 Å². The average molecular weight is 237 g/mol. The van der Waals surface area contributed by atoms with Crippen LogP contribution < -0.4 is 15.0 Å². The Morgan fingerprint density at radius 1 is 1.18 bits per heavy atom. The standard InChI is InChI=1S/C13H19NO3/c1-3-10-7-12-13(17-6-4-5-16-12)8-11(10)9-14-15-2/h7-8,14H,3-6,9H2,1-2H3. The third-order valence-corrected chi connectivity index (χ3v) is 2.86. The summed E-state index contributed by atoms with van der Waals surface area (Å²) in [6.45, 7) is 4.26. The van der Waals surface area contributed by atoms with E-state index in [0.717, 1.165) is 37.6 Å². The Morgan fingerprint density at radius 3 is 2.41 bits per heavy atom. The van der Waals surface area contributed by atoms with Crippen LogP contribution in [0.3, 0.4) is 0 Å². The second kappa shape index (κ2) is 5.89. The summed E-state index contributed by atoms with van der Waals surface area (Å²) in [5, 5.41) is 0. The summed E-state index contributed by atoms with van der Waals surface area (Å²) in [4.78, 5) is 4.89. The molecular weight excluding hydrogens is 218 g/mol. The van der Waals surface area contributed by atoms with Gasteiger partial charge in [-0.15, -0.1) is 0 Å². The molecule has 4 nitrogen and oxygen atoms in total. The van der Waals surface area contributed by atoms with Gasteiger partial charge in [-0.3, -0.25) is 0 Å². The Labute approximate surface area is 102 Å². The Balaban J connectivity index is 2.28. The van der Waals surface area contributed by atoms with E-state index in [1.807, 2.05) is 6.07 Å². The van der Waals surface area contributed by atoms with Gasteiger partial charge in [-0.2, -0.15) is 5.48 Å². The highest BCUT2D eigenvalue weighted by Gasteiger charge is 2.13. The van der Waals surface area contributed by atoms with Gasteiger partial charge in [-0.1, -0.05) is 6.92 Å². The average Bonchev–Trinajstić information content (AvgIpc) is 2.59. The third-order valence-electron chi connectivity index (χ3n) is 2.86. The van der Waals surface area contributed by atoms with Crippen molar-refractivity contribution in [1.29, 1.82) is 0 Å². The van der Waals surface area contributed by atoms with E-state index >= 15 is 0 Å². The maximum absolute atomic E-state index is 5.67. The van der Waals surface area contributed by atoms with E-state index in [0.29, 0.717) is 6.54 Å². The minimum Gasteiger partial charge on any atom is -0.490 e. The summed E-state index contributed by atoms with van der Waals surface area (Å²) in [5.74, 6) is 1.70. The van der Waals surface area contributed by atoms with E-state index in [4.69, 9.17) is 14.3 Å². The lowest BCUT2D eigenvalue weighted by atomic mass is 10.0. The van der Waals surface area contributed by atoms with Gasteiger partial charge in [0.1, 0.15) is 0 Å². The zero-order valence-corrected chi connectivity index (χ0v) is 10.4. The van der Waals surface area contributed by atoms with Gasteiger partial charge in [0, 0.05) is 13.0 Å². The molecule has 1 aliphatic rings. The topological polar surface area (TPSA) is 39.7 Å². The van der Waals surface area contributed by atoms with Crippen LogP contribution in [-0.2, 0) is 17.8 Å². The summed E-state index contributed by atoms with van der Waals surface area (Å²) in [7, 11) is 1.62. The molecule has 0 unspecified atom stereocenters. The fourth-order valence-corrected chi connectivity index (χ4v) is 1.94. The van der Waals surface area contributed by atoms with Crippen LogP contribution in [0.15, 0.2) is 12.1 Å². The van der Waals surface area contributed by atoms with Gasteiger partial charge >= 0.3 is 0 Å². The molecule has 0 saturated heterocycles. The fraction of sp³-hybridized carbons (Fsp3) is 0.538. The van der Waals surface area contributed by atoms with Crippen LogP contribution in [0.1, 0.15) is 24.5 Å². The second-order valence-corrected chi connectivity index (χ2v) is 4.00. The van der Waals surface area contributed by atoms with Crippen molar-refractivity contribution in [2.45, 2.75) is 26.3 Å². The van der Waals surface area contributed by atoms with Crippen LogP contribution in [-0.4, -0.2) is 20.3 Å². The molecule has 0 bridgehead atoms. The number of aryl methyl sites for hydroxylation is 1. The summed E-state index contributed by atoms with van der Waals surface area (Å²) in [6, 6.07) is 4.12. The molecule has 2 rings (SSSR count). The van der Waals surface area contributed by atoms with Crippen LogP contribution in [0.25, 0.3) is 0 Å². The minimum absolute atomic E-state index is 0.677. The monoisotopic (exact) mass is 237 g/mol. The molecule has 1 aromatic carbocycles. The molecular formula is C13H19NO3. The molecule has 0 aliphatic carbocycles. The van der Waals surface area contributed by atoms with Crippen molar-refractivity contribution < 1.29 is 14.3 Å². The molecule has 1 N–H and O–H groups in total. The molecule has 0 aromatic heterocycles. The zero-order chi connectivity index (χ0) is 12.1. The van der Waals surface area contributed by atoms with Gasteiger partial charge in [0.2, 0.25) is 0 Å². The number of hydrogen-bond donors (Lipinski definition) is 1. The molecule has 0 saturated carbocycles. The van der Waals surface area contributed by atoms with E-state index < -0.39 is 0 Å². The van der Waals surface area contributed by atoms with Gasteiger partial charge in [0.05, 0.1) is 20.3 Å². The molecule has 0 radical (unpaired) electrons. The van der Waals surface area contributed by atoms with E-state index in [-0.39, 0.29) is 0 Å². The molecule has 17 heavy (non-hydrogen) atoms. The normalized spacial score (nSPS) is 14.5. The molecule has 1 heterocycles. The summed E-state index contributed by atoms with van der Waals surface area (Å²) >= 11 is 0. The highest BCUT2D eigenvalue weighted by Crippen LogP contribution is 2.33. The lowest BCUT2D eigenvalue weighted by molar-refractivity contribution is 0.0865. The molecule has 1 aromatic rings. The maximum Gasteiger partial charge on any atom is 0.161 e. The first-order valence-corrected chi connectivity index (χ1v) is 6.02. The summed E-state index contributed by atoms with van der Waals surface area (Å²) in [5.41, 5.74) is 5.32. The summed E-state index contributed by atoms with van der Waals surface area (Å²) < 4.78 is 11.3. The molecule has 0 fully saturated rings. The fourth-order valence-electron chi connectivity index (χ4n) is 1.94. The molecule has 0 spiro atoms. The smallest absolute Gasteiger partial charge is 0.161 e. The summed E-state index contributed by atoms with van der Waals surface area (Å²) in [6.07, 6.45) is 1.90. The quantitative estimate of drug-likeness (QED) is 0.814. The molecule has 0 atom stereocenters. The predicted molar refractivity (Wildman–Crippen MR) is 65.3 cm³/mol. The van der Waals surface area contributed by atoms with Crippen molar-refractivity contribution in [3.8, 4) is 11.5 Å². The van der Waals surface area contributed by atoms with Crippen molar-refractivity contribution in [3.05, 3.63) is 23.3 Å². The number of benzene rings is 1. The lowest BCUT2D eigenvalue weighted by Gasteiger charge is -2.14. The van der Waals surface area contributed by atoms with Crippen molar-refractivity contribution >= 4 is 0 Å². The van der Waals surface area contributed by atoms with Gasteiger partial charge < -0.3 is 14.3 Å². The van der Waals surface area contributed by atoms with E-state index in [1.54, 1.807) is 7.11 Å². The largest absolute Gasteiger partial charge is 0.490 e. The van der Waals surface area contributed by atoms with Gasteiger partial charge in [0.15, 0.2) is 11.5 Å². The van der Waals surface area contributed by atoms with Crippen molar-refractivity contribution in [2.24, 2.45) is 0 Å². The first-order chi connectivity index (χ1) is 8.35. The molecule has 0 amide bonds. The van der Waals surface area contributed by atoms with Crippen molar-refractivity contribution in [2.75, 3.05) is 20.3 Å². The first kappa shape index (κ1) is 12.2. The van der Waals surface area contributed by atoms with Crippen LogP contribution in [0.4, 0.5) is 0 Å². The Bertz CT molecular complexity index is 379. The van der Waals surface area contributed by atoms with Gasteiger partial charge in [-0.25, -0.2) is 0 Å². The number of rotatable bonds is 4. The Kier molecular flexibility index (Phi) is 4.23. The zero-order valence-electron chi connectivity index (χ0n) is 10.4. The Morgan fingerprint density at radius 2 is 1.82 bits per heavy atom. The minimum atomic E-state index is 0.677. The van der Waals surface area contributed by atoms with Gasteiger partial charge in [-0.05, 0) is 29.7 Å². The second-order valence-electron chi connectivity index (χ2n) is 4.00. The predicted octanol–water partition coefficient (Wildman–Crippen LogP) is 2.06. The molecule has 1 aliphatic heterocycles. The van der Waals surface area contributed by atoms with Gasteiger partial charge in [0.25, 0.3) is 0 Å². The van der Waals surface area contributed by atoms with E-state index in [2.05, 4.69) is 18.5 Å². The number of nitrogens with one attached hydrogen (secondary N) is 1. The SMILES string of the molecule is CCc1cc2c(cc1CNOC)OCCCO2. The maximum atomic E-state index is 5.67. The highest BCUT2D eigenvalue weighted by atomic mass is 16.6. The van der Waals surface area contributed by atoms with Crippen molar-refractivity contribution in [3.63, 3.8) is 0 Å².